The van der Waals surface area contributed by atoms with Gasteiger partial charge in [-0.1, -0.05) is 0 Å². The first kappa shape index (κ1) is 54.4. The number of hydrogen-bond acceptors (Lipinski definition) is 14. The quantitative estimate of drug-likeness (QED) is 0.0577. The third-order valence-corrected chi connectivity index (χ3v) is 11.5. The molecule has 73 heavy (non-hydrogen) atoms. The van der Waals surface area contributed by atoms with Gasteiger partial charge in [0.05, 0.1) is 42.4 Å². The summed E-state index contributed by atoms with van der Waals surface area (Å²) in [5.41, 5.74) is -4.45. The molecule has 0 spiro atoms. The van der Waals surface area contributed by atoms with E-state index < -0.39 is 113 Å². The summed E-state index contributed by atoms with van der Waals surface area (Å²) in [4.78, 5) is 110. The van der Waals surface area contributed by atoms with Crippen LogP contribution >= 0.6 is 0 Å². The average molecular weight is 1030 g/mol. The molecular weight excluding hydrogens is 983 g/mol. The first-order chi connectivity index (χ1) is 34.1. The molecule has 21 nitrogen and oxygen atoms in total. The number of urea groups is 2. The van der Waals surface area contributed by atoms with Crippen molar-refractivity contribution in [3.63, 3.8) is 0 Å². The number of aliphatic carboxylic acids is 1. The highest BCUT2D eigenvalue weighted by molar-refractivity contribution is 6.24. The number of anilines is 4. The number of amides is 8. The standard InChI is InChI=1S/C46H48F6N10O11/c1-43(2)39(67)60(41(69)58(43)24-27-11-15-53-16-12-27)29-7-9-33(72-45(47,48)49)31(21-29)56-35(63)23-55-37(38(65)66)62(36(64)26-57(5)19-20-71-6)32-22-30(8-10-34(32)73-46(50,51)52)61-40(68)44(3,4)59(42(61)70)25-28-13-17-54-18-14-28/h7-18,21-22,37,55H,19-20,23-26H2,1-6H3,(H,56,63)(H,65,66). The van der Waals surface area contributed by atoms with E-state index in [1.165, 1.54) is 81.3 Å². The predicted octanol–water partition coefficient (Wildman–Crippen LogP) is 5.32. The lowest BCUT2D eigenvalue weighted by molar-refractivity contribution is -0.275. The maximum absolute atomic E-state index is 14.4. The second-order valence-electron chi connectivity index (χ2n) is 17.4. The van der Waals surface area contributed by atoms with Crippen LogP contribution in [0.1, 0.15) is 38.8 Å². The molecule has 2 aromatic heterocycles. The van der Waals surface area contributed by atoms with Gasteiger partial charge < -0.3 is 34.4 Å². The number of pyridine rings is 2. The Morgan fingerprint density at radius 3 is 1.66 bits per heavy atom. The molecule has 2 aliphatic heterocycles. The summed E-state index contributed by atoms with van der Waals surface area (Å²) in [6.07, 6.45) is -7.56. The molecule has 8 amide bonds. The molecule has 27 heteroatoms. The Bertz CT molecular complexity index is 2750. The molecule has 2 aromatic carbocycles. The van der Waals surface area contributed by atoms with Gasteiger partial charge in [0.15, 0.2) is 17.7 Å². The first-order valence-corrected chi connectivity index (χ1v) is 21.8. The van der Waals surface area contributed by atoms with Crippen LogP contribution in [-0.2, 0) is 41.8 Å². The van der Waals surface area contributed by atoms with E-state index in [1.807, 2.05) is 0 Å². The molecule has 390 valence electrons. The van der Waals surface area contributed by atoms with E-state index in [0.29, 0.717) is 33.1 Å². The number of halogens is 6. The van der Waals surface area contributed by atoms with Crippen molar-refractivity contribution in [1.29, 1.82) is 0 Å². The van der Waals surface area contributed by atoms with Crippen molar-refractivity contribution in [1.82, 2.24) is 30.0 Å². The number of carboxylic acid groups (broad SMARTS) is 1. The Hall–Kier alpha value is -7.91. The van der Waals surface area contributed by atoms with E-state index in [2.05, 4.69) is 30.1 Å². The summed E-state index contributed by atoms with van der Waals surface area (Å²) >= 11 is 0. The number of carbonyl (C=O) groups is 7. The van der Waals surface area contributed by atoms with Crippen LogP contribution in [0.25, 0.3) is 0 Å². The predicted molar refractivity (Wildman–Crippen MR) is 245 cm³/mol. The molecule has 1 atom stereocenters. The maximum atomic E-state index is 14.4. The lowest BCUT2D eigenvalue weighted by Gasteiger charge is -2.33. The first-order valence-electron chi connectivity index (χ1n) is 21.8. The number of hydrogen-bond donors (Lipinski definition) is 3. The minimum Gasteiger partial charge on any atom is -0.479 e. The van der Waals surface area contributed by atoms with E-state index >= 15 is 0 Å². The van der Waals surface area contributed by atoms with Crippen molar-refractivity contribution < 1.29 is 79.2 Å². The van der Waals surface area contributed by atoms with Crippen LogP contribution in [0.3, 0.4) is 0 Å². The van der Waals surface area contributed by atoms with E-state index in [-0.39, 0.29) is 36.8 Å². The molecule has 0 saturated carbocycles. The zero-order valence-corrected chi connectivity index (χ0v) is 39.8. The number of carbonyl (C=O) groups excluding carboxylic acids is 6. The minimum absolute atomic E-state index is 0.0189. The molecule has 4 aromatic rings. The summed E-state index contributed by atoms with van der Waals surface area (Å²) in [5.74, 6) is -8.53. The minimum atomic E-state index is -5.49. The van der Waals surface area contributed by atoms with Gasteiger partial charge in [0.1, 0.15) is 11.1 Å². The number of methoxy groups -OCH3 is 1. The monoisotopic (exact) mass is 1030 g/mol. The second kappa shape index (κ2) is 21.4. The van der Waals surface area contributed by atoms with Crippen molar-refractivity contribution in [3.8, 4) is 11.5 Å². The number of nitrogens with zero attached hydrogens (tertiary/aromatic N) is 8. The van der Waals surface area contributed by atoms with Crippen LogP contribution in [0.5, 0.6) is 11.5 Å². The smallest absolute Gasteiger partial charge is 0.479 e. The van der Waals surface area contributed by atoms with Crippen molar-refractivity contribution in [2.24, 2.45) is 0 Å². The van der Waals surface area contributed by atoms with Gasteiger partial charge in [-0.2, -0.15) is 0 Å². The molecular formula is C46H48F6N10O11. The number of ether oxygens (including phenoxy) is 3. The summed E-state index contributed by atoms with van der Waals surface area (Å²) in [5, 5.41) is 15.0. The van der Waals surface area contributed by atoms with Crippen molar-refractivity contribution in [3.05, 3.63) is 96.6 Å². The fraction of sp³-hybridized carbons (Fsp3) is 0.370. The Balaban J connectivity index is 1.36. The van der Waals surface area contributed by atoms with E-state index in [0.717, 1.165) is 24.3 Å². The van der Waals surface area contributed by atoms with Gasteiger partial charge in [-0.3, -0.25) is 44.3 Å². The molecule has 2 fully saturated rings. The van der Waals surface area contributed by atoms with Crippen LogP contribution < -0.4 is 34.8 Å². The van der Waals surface area contributed by atoms with E-state index in [4.69, 9.17) is 4.74 Å². The van der Waals surface area contributed by atoms with Crippen molar-refractivity contribution >= 4 is 64.4 Å². The highest BCUT2D eigenvalue weighted by Crippen LogP contribution is 2.42. The van der Waals surface area contributed by atoms with Gasteiger partial charge in [-0.15, -0.1) is 26.3 Å². The van der Waals surface area contributed by atoms with Gasteiger partial charge in [0.25, 0.3) is 11.8 Å². The van der Waals surface area contributed by atoms with Crippen molar-refractivity contribution in [2.75, 3.05) is 60.4 Å². The number of carboxylic acids is 1. The number of rotatable bonds is 20. The highest BCUT2D eigenvalue weighted by atomic mass is 19.4. The number of aromatic nitrogens is 2. The molecule has 3 N–H and O–H groups in total. The number of likely N-dealkylation sites (N-methyl/N-ethyl adjacent to an activating group) is 1. The van der Waals surface area contributed by atoms with Crippen molar-refractivity contribution in [2.45, 2.75) is 70.8 Å². The van der Waals surface area contributed by atoms with Gasteiger partial charge in [0.2, 0.25) is 11.8 Å². The Morgan fingerprint density at radius 2 is 1.19 bits per heavy atom. The van der Waals surface area contributed by atoms with Gasteiger partial charge in [-0.05, 0) is 107 Å². The summed E-state index contributed by atoms with van der Waals surface area (Å²) in [7, 11) is 2.72. The fourth-order valence-electron chi connectivity index (χ4n) is 7.73. The molecule has 0 bridgehead atoms. The maximum Gasteiger partial charge on any atom is 0.573 e. The normalized spacial score (nSPS) is 16.1. The molecule has 0 radical (unpaired) electrons. The number of benzene rings is 2. The number of imide groups is 2. The zero-order chi connectivity index (χ0) is 53.8. The summed E-state index contributed by atoms with van der Waals surface area (Å²) < 4.78 is 96.8. The third kappa shape index (κ3) is 12.4. The molecule has 0 aliphatic carbocycles. The SMILES string of the molecule is COCCN(C)CC(=O)N(c1cc(N2C(=O)N(Cc3ccncc3)C(C)(C)C2=O)ccc1OC(F)(F)F)C(NCC(=O)Nc1cc(N2C(=O)N(Cc3ccncc3)C(C)(C)C2=O)ccc1OC(F)(F)F)C(=O)O. The zero-order valence-electron chi connectivity index (χ0n) is 39.8. The lowest BCUT2D eigenvalue weighted by atomic mass is 10.0. The van der Waals surface area contributed by atoms with Gasteiger partial charge >= 0.3 is 30.8 Å². The molecule has 6 rings (SSSR count). The van der Waals surface area contributed by atoms with Crippen LogP contribution in [0.4, 0.5) is 58.7 Å². The van der Waals surface area contributed by atoms with Crippen LogP contribution in [0, 0.1) is 0 Å². The molecule has 2 saturated heterocycles. The number of alkyl halides is 6. The van der Waals surface area contributed by atoms with Crippen LogP contribution in [0.15, 0.2) is 85.5 Å². The highest BCUT2D eigenvalue weighted by Gasteiger charge is 2.53. The van der Waals surface area contributed by atoms with E-state index in [9.17, 15) is 65.0 Å². The van der Waals surface area contributed by atoms with Crippen LogP contribution in [-0.4, -0.2) is 142 Å². The van der Waals surface area contributed by atoms with Gasteiger partial charge in [0, 0.05) is 51.5 Å². The Kier molecular flexibility index (Phi) is 16.0. The fourth-order valence-corrected chi connectivity index (χ4v) is 7.73. The molecule has 2 aliphatic rings. The third-order valence-electron chi connectivity index (χ3n) is 11.5. The summed E-state index contributed by atoms with van der Waals surface area (Å²) in [6.45, 7) is 3.58. The Morgan fingerprint density at radius 1 is 0.726 bits per heavy atom. The topological polar surface area (TPSA) is 237 Å². The Labute approximate surface area is 412 Å². The average Bonchev–Trinajstić information content (AvgIpc) is 3.58. The number of nitrogens with one attached hydrogen (secondary N) is 2. The molecule has 1 unspecified atom stereocenters. The molecule has 4 heterocycles. The van der Waals surface area contributed by atoms with Crippen LogP contribution in [0.2, 0.25) is 0 Å². The van der Waals surface area contributed by atoms with E-state index in [1.54, 1.807) is 24.3 Å². The lowest BCUT2D eigenvalue weighted by Crippen LogP contribution is -2.57. The second-order valence-corrected chi connectivity index (χ2v) is 17.4. The largest absolute Gasteiger partial charge is 0.573 e. The van der Waals surface area contributed by atoms with Gasteiger partial charge in [-0.25, -0.2) is 24.2 Å². The summed E-state index contributed by atoms with van der Waals surface area (Å²) in [6, 6.07) is 9.24.